The van der Waals surface area contributed by atoms with E-state index < -0.39 is 0 Å². The average Bonchev–Trinajstić information content (AvgIpc) is 1.78. The molecular weight excluding hydrogens is 164 g/mol. The van der Waals surface area contributed by atoms with E-state index >= 15 is 0 Å². The molecule has 76 valence electrons. The summed E-state index contributed by atoms with van der Waals surface area (Å²) in [5.74, 6) is 0.515. The van der Waals surface area contributed by atoms with Gasteiger partial charge in [-0.25, -0.2) is 0 Å². The summed E-state index contributed by atoms with van der Waals surface area (Å²) < 4.78 is 0. The first kappa shape index (κ1) is 10.5. The summed E-state index contributed by atoms with van der Waals surface area (Å²) in [5.41, 5.74) is 0.196. The summed E-state index contributed by atoms with van der Waals surface area (Å²) in [6.45, 7) is 8.99. The SMILES string of the molecule is CN(CC(C)(C)C)C(=O)C1CNC1. The Kier molecular flexibility index (Phi) is 2.96. The molecule has 1 amide bonds. The van der Waals surface area contributed by atoms with Crippen LogP contribution in [0.3, 0.4) is 0 Å². The molecule has 1 fully saturated rings. The second-order valence-corrected chi connectivity index (χ2v) is 5.11. The third kappa shape index (κ3) is 2.99. The maximum absolute atomic E-state index is 11.7. The van der Waals surface area contributed by atoms with Crippen LogP contribution in [0.2, 0.25) is 0 Å². The molecule has 1 aliphatic rings. The molecule has 1 heterocycles. The highest BCUT2D eigenvalue weighted by atomic mass is 16.2. The van der Waals surface area contributed by atoms with Gasteiger partial charge in [-0.15, -0.1) is 0 Å². The monoisotopic (exact) mass is 184 g/mol. The van der Waals surface area contributed by atoms with Crippen molar-refractivity contribution in [1.82, 2.24) is 10.2 Å². The molecule has 1 saturated heterocycles. The number of rotatable bonds is 2. The number of hydrogen-bond donors (Lipinski definition) is 1. The highest BCUT2D eigenvalue weighted by Crippen LogP contribution is 2.16. The Labute approximate surface area is 80.5 Å². The minimum Gasteiger partial charge on any atom is -0.345 e. The standard InChI is InChI=1S/C10H20N2O/c1-10(2,3)7-12(4)9(13)8-5-11-6-8/h8,11H,5-7H2,1-4H3. The fourth-order valence-electron chi connectivity index (χ4n) is 1.56. The van der Waals surface area contributed by atoms with E-state index in [2.05, 4.69) is 26.1 Å². The lowest BCUT2D eigenvalue weighted by atomic mass is 9.94. The van der Waals surface area contributed by atoms with Crippen molar-refractivity contribution in [3.8, 4) is 0 Å². The Morgan fingerprint density at radius 2 is 2.00 bits per heavy atom. The van der Waals surface area contributed by atoms with Crippen LogP contribution in [0.15, 0.2) is 0 Å². The van der Waals surface area contributed by atoms with E-state index in [0.717, 1.165) is 19.6 Å². The number of carbonyl (C=O) groups excluding carboxylic acids is 1. The maximum atomic E-state index is 11.7. The van der Waals surface area contributed by atoms with Crippen LogP contribution in [0.1, 0.15) is 20.8 Å². The summed E-state index contributed by atoms with van der Waals surface area (Å²) in [7, 11) is 1.89. The van der Waals surface area contributed by atoms with Gasteiger partial charge in [-0.1, -0.05) is 20.8 Å². The minimum atomic E-state index is 0.196. The zero-order chi connectivity index (χ0) is 10.1. The van der Waals surface area contributed by atoms with Gasteiger partial charge in [0.1, 0.15) is 0 Å². The first-order valence-corrected chi connectivity index (χ1v) is 4.86. The fraction of sp³-hybridized carbons (Fsp3) is 0.900. The highest BCUT2D eigenvalue weighted by molar-refractivity contribution is 5.80. The minimum absolute atomic E-state index is 0.196. The molecule has 0 radical (unpaired) electrons. The van der Waals surface area contributed by atoms with Crippen LogP contribution in [-0.2, 0) is 4.79 Å². The molecule has 3 nitrogen and oxygen atoms in total. The van der Waals surface area contributed by atoms with Gasteiger partial charge < -0.3 is 10.2 Å². The first-order valence-electron chi connectivity index (χ1n) is 4.86. The summed E-state index contributed by atoms with van der Waals surface area (Å²) in [6.07, 6.45) is 0. The van der Waals surface area contributed by atoms with Crippen molar-refractivity contribution < 1.29 is 4.79 Å². The molecule has 0 aromatic carbocycles. The molecule has 0 bridgehead atoms. The van der Waals surface area contributed by atoms with Gasteiger partial charge in [0, 0.05) is 26.7 Å². The van der Waals surface area contributed by atoms with Crippen molar-refractivity contribution in [3.05, 3.63) is 0 Å². The molecule has 1 rings (SSSR count). The number of nitrogens with one attached hydrogen (secondary N) is 1. The molecule has 0 aromatic rings. The van der Waals surface area contributed by atoms with Crippen molar-refractivity contribution in [1.29, 1.82) is 0 Å². The van der Waals surface area contributed by atoms with Gasteiger partial charge in [-0.3, -0.25) is 4.79 Å². The first-order chi connectivity index (χ1) is 5.90. The molecule has 1 aliphatic heterocycles. The van der Waals surface area contributed by atoms with E-state index in [9.17, 15) is 4.79 Å². The third-order valence-corrected chi connectivity index (χ3v) is 2.22. The average molecular weight is 184 g/mol. The molecule has 0 aromatic heterocycles. The molecule has 13 heavy (non-hydrogen) atoms. The largest absolute Gasteiger partial charge is 0.345 e. The lowest BCUT2D eigenvalue weighted by Gasteiger charge is -2.33. The molecule has 1 N–H and O–H groups in total. The second kappa shape index (κ2) is 3.66. The van der Waals surface area contributed by atoms with Crippen molar-refractivity contribution in [2.75, 3.05) is 26.7 Å². The molecule has 0 saturated carbocycles. The highest BCUT2D eigenvalue weighted by Gasteiger charge is 2.28. The van der Waals surface area contributed by atoms with Crippen molar-refractivity contribution in [2.24, 2.45) is 11.3 Å². The smallest absolute Gasteiger partial charge is 0.228 e. The fourth-order valence-corrected chi connectivity index (χ4v) is 1.56. The van der Waals surface area contributed by atoms with Crippen LogP contribution >= 0.6 is 0 Å². The van der Waals surface area contributed by atoms with E-state index in [1.165, 1.54) is 0 Å². The quantitative estimate of drug-likeness (QED) is 0.685. The second-order valence-electron chi connectivity index (χ2n) is 5.11. The topological polar surface area (TPSA) is 32.3 Å². The summed E-state index contributed by atoms with van der Waals surface area (Å²) in [5, 5.41) is 3.11. The van der Waals surface area contributed by atoms with Crippen molar-refractivity contribution >= 4 is 5.91 Å². The predicted octanol–water partition coefficient (Wildman–Crippen LogP) is 0.710. The molecular formula is C10H20N2O. The van der Waals surface area contributed by atoms with Gasteiger partial charge in [0.25, 0.3) is 0 Å². The van der Waals surface area contributed by atoms with Gasteiger partial charge in [0.15, 0.2) is 0 Å². The molecule has 0 unspecified atom stereocenters. The third-order valence-electron chi connectivity index (χ3n) is 2.22. The van der Waals surface area contributed by atoms with E-state index in [4.69, 9.17) is 0 Å². The molecule has 0 aliphatic carbocycles. The number of hydrogen-bond acceptors (Lipinski definition) is 2. The normalized spacial score (nSPS) is 18.2. The summed E-state index contributed by atoms with van der Waals surface area (Å²) in [6, 6.07) is 0. The molecule has 3 heteroatoms. The van der Waals surface area contributed by atoms with Gasteiger partial charge >= 0.3 is 0 Å². The van der Waals surface area contributed by atoms with Crippen LogP contribution in [0, 0.1) is 11.3 Å². The van der Waals surface area contributed by atoms with Crippen LogP contribution in [0.4, 0.5) is 0 Å². The van der Waals surface area contributed by atoms with E-state index in [-0.39, 0.29) is 17.2 Å². The Morgan fingerprint density at radius 3 is 2.31 bits per heavy atom. The Bertz CT molecular complexity index is 192. The van der Waals surface area contributed by atoms with E-state index in [1.807, 2.05) is 11.9 Å². The lowest BCUT2D eigenvalue weighted by Crippen LogP contribution is -2.52. The summed E-state index contributed by atoms with van der Waals surface area (Å²) >= 11 is 0. The zero-order valence-electron chi connectivity index (χ0n) is 9.05. The number of carbonyl (C=O) groups is 1. The van der Waals surface area contributed by atoms with Crippen molar-refractivity contribution in [2.45, 2.75) is 20.8 Å². The van der Waals surface area contributed by atoms with Crippen LogP contribution in [0.25, 0.3) is 0 Å². The number of nitrogens with zero attached hydrogens (tertiary/aromatic N) is 1. The summed E-state index contributed by atoms with van der Waals surface area (Å²) in [4.78, 5) is 13.5. The van der Waals surface area contributed by atoms with Crippen LogP contribution in [0.5, 0.6) is 0 Å². The van der Waals surface area contributed by atoms with Crippen molar-refractivity contribution in [3.63, 3.8) is 0 Å². The van der Waals surface area contributed by atoms with Gasteiger partial charge in [-0.2, -0.15) is 0 Å². The number of amides is 1. The Morgan fingerprint density at radius 1 is 1.46 bits per heavy atom. The predicted molar refractivity (Wildman–Crippen MR) is 53.5 cm³/mol. The van der Waals surface area contributed by atoms with Gasteiger partial charge in [0.2, 0.25) is 5.91 Å². The molecule has 0 atom stereocenters. The van der Waals surface area contributed by atoms with E-state index in [1.54, 1.807) is 0 Å². The van der Waals surface area contributed by atoms with Crippen LogP contribution in [-0.4, -0.2) is 37.5 Å². The Balaban J connectivity index is 2.38. The van der Waals surface area contributed by atoms with E-state index in [0.29, 0.717) is 0 Å². The maximum Gasteiger partial charge on any atom is 0.228 e. The molecule has 0 spiro atoms. The van der Waals surface area contributed by atoms with Crippen LogP contribution < -0.4 is 5.32 Å². The zero-order valence-corrected chi connectivity index (χ0v) is 9.05. The van der Waals surface area contributed by atoms with Gasteiger partial charge in [-0.05, 0) is 5.41 Å². The van der Waals surface area contributed by atoms with Gasteiger partial charge in [0.05, 0.1) is 5.92 Å². The Hall–Kier alpha value is -0.570. The lowest BCUT2D eigenvalue weighted by molar-refractivity contribution is -0.136.